The summed E-state index contributed by atoms with van der Waals surface area (Å²) in [4.78, 5) is 11.0. The molecule has 2 aliphatic heterocycles. The average Bonchev–Trinajstić information content (AvgIpc) is 2.90. The van der Waals surface area contributed by atoms with Crippen LogP contribution < -0.4 is 9.64 Å². The fourth-order valence-corrected chi connectivity index (χ4v) is 3.13. The van der Waals surface area contributed by atoms with Crippen molar-refractivity contribution in [1.29, 1.82) is 0 Å². The predicted octanol–water partition coefficient (Wildman–Crippen LogP) is 1.16. The molecule has 1 atom stereocenters. The number of nitrogens with zero attached hydrogens (tertiary/aromatic N) is 3. The molecule has 0 spiro atoms. The number of benzene rings is 1. The Morgan fingerprint density at radius 3 is 3.09 bits per heavy atom. The van der Waals surface area contributed by atoms with Gasteiger partial charge in [-0.25, -0.2) is 9.97 Å². The molecule has 1 N–H and O–H groups in total. The maximum absolute atomic E-state index is 10.0. The molecule has 23 heavy (non-hydrogen) atoms. The van der Waals surface area contributed by atoms with Gasteiger partial charge in [0.2, 0.25) is 0 Å². The van der Waals surface area contributed by atoms with Gasteiger partial charge in [0.05, 0.1) is 25.0 Å². The lowest BCUT2D eigenvalue weighted by Gasteiger charge is -2.25. The van der Waals surface area contributed by atoms with E-state index in [1.54, 1.807) is 6.33 Å². The molecular weight excluding hydrogens is 294 g/mol. The third kappa shape index (κ3) is 2.87. The molecule has 0 radical (unpaired) electrons. The highest BCUT2D eigenvalue weighted by molar-refractivity contribution is 5.53. The van der Waals surface area contributed by atoms with Gasteiger partial charge in [-0.1, -0.05) is 18.2 Å². The second kappa shape index (κ2) is 6.14. The molecule has 1 saturated heterocycles. The maximum atomic E-state index is 10.0. The van der Waals surface area contributed by atoms with Gasteiger partial charge in [0.15, 0.2) is 0 Å². The summed E-state index contributed by atoms with van der Waals surface area (Å²) in [5.41, 5.74) is 3.12. The Bertz CT molecular complexity index is 707. The molecule has 0 amide bonds. The van der Waals surface area contributed by atoms with Gasteiger partial charge >= 0.3 is 0 Å². The molecule has 120 valence electrons. The monoisotopic (exact) mass is 313 g/mol. The average molecular weight is 313 g/mol. The Morgan fingerprint density at radius 2 is 2.13 bits per heavy atom. The van der Waals surface area contributed by atoms with Gasteiger partial charge in [-0.15, -0.1) is 0 Å². The van der Waals surface area contributed by atoms with Crippen LogP contribution in [0.1, 0.15) is 16.8 Å². The number of aromatic nitrogens is 2. The van der Waals surface area contributed by atoms with Crippen LogP contribution in [-0.4, -0.2) is 47.5 Å². The molecule has 1 aromatic carbocycles. The van der Waals surface area contributed by atoms with Gasteiger partial charge in [-0.05, 0) is 11.6 Å². The zero-order chi connectivity index (χ0) is 15.6. The van der Waals surface area contributed by atoms with Crippen LogP contribution in [0.15, 0.2) is 30.6 Å². The fraction of sp³-hybridized carbons (Fsp3) is 0.412. The molecular formula is C17H19N3O3. The molecule has 1 aromatic heterocycles. The highest BCUT2D eigenvalue weighted by Gasteiger charge is 2.24. The third-order valence-electron chi connectivity index (χ3n) is 4.26. The molecule has 0 unspecified atom stereocenters. The van der Waals surface area contributed by atoms with Crippen molar-refractivity contribution in [2.75, 3.05) is 31.2 Å². The van der Waals surface area contributed by atoms with Crippen molar-refractivity contribution in [3.8, 4) is 5.75 Å². The van der Waals surface area contributed by atoms with Crippen molar-refractivity contribution in [3.05, 3.63) is 47.4 Å². The summed E-state index contributed by atoms with van der Waals surface area (Å²) in [7, 11) is 0. The van der Waals surface area contributed by atoms with Crippen LogP contribution in [0.25, 0.3) is 0 Å². The van der Waals surface area contributed by atoms with Gasteiger partial charge in [-0.3, -0.25) is 0 Å². The molecule has 0 aliphatic carbocycles. The van der Waals surface area contributed by atoms with E-state index in [4.69, 9.17) is 9.47 Å². The topological polar surface area (TPSA) is 67.7 Å². The molecule has 6 nitrogen and oxygen atoms in total. The maximum Gasteiger partial charge on any atom is 0.136 e. The van der Waals surface area contributed by atoms with Crippen LogP contribution in [0.2, 0.25) is 0 Å². The summed E-state index contributed by atoms with van der Waals surface area (Å²) in [6.45, 7) is 2.63. The number of rotatable bonds is 1. The van der Waals surface area contributed by atoms with E-state index >= 15 is 0 Å². The van der Waals surface area contributed by atoms with Gasteiger partial charge in [0, 0.05) is 25.1 Å². The highest BCUT2D eigenvalue weighted by atomic mass is 16.5. The molecule has 6 heteroatoms. The molecule has 2 aromatic rings. The van der Waals surface area contributed by atoms with Crippen LogP contribution in [0, 0.1) is 0 Å². The summed E-state index contributed by atoms with van der Waals surface area (Å²) >= 11 is 0. The first-order chi connectivity index (χ1) is 11.3. The standard InChI is InChI=1S/C17H19N3O3/c21-13-8-20(5-6-22-9-13)17-14-7-12-3-1-2-4-16(12)23-10-15(14)18-11-19-17/h1-4,11,13,21H,5-10H2/t13-/m0/s1. The lowest BCUT2D eigenvalue weighted by Crippen LogP contribution is -2.34. The van der Waals surface area contributed by atoms with Crippen LogP contribution in [0.5, 0.6) is 5.75 Å². The second-order valence-electron chi connectivity index (χ2n) is 5.87. The van der Waals surface area contributed by atoms with Gasteiger partial charge in [0.1, 0.15) is 24.5 Å². The van der Waals surface area contributed by atoms with Crippen LogP contribution in [-0.2, 0) is 17.8 Å². The number of fused-ring (bicyclic) bond motifs is 2. The van der Waals surface area contributed by atoms with Crippen LogP contribution >= 0.6 is 0 Å². The second-order valence-corrected chi connectivity index (χ2v) is 5.87. The Kier molecular flexibility index (Phi) is 3.85. The lowest BCUT2D eigenvalue weighted by atomic mass is 10.0. The molecule has 3 heterocycles. The smallest absolute Gasteiger partial charge is 0.136 e. The van der Waals surface area contributed by atoms with Crippen molar-refractivity contribution >= 4 is 5.82 Å². The van der Waals surface area contributed by atoms with Crippen LogP contribution in [0.4, 0.5) is 5.82 Å². The van der Waals surface area contributed by atoms with E-state index in [9.17, 15) is 5.11 Å². The van der Waals surface area contributed by atoms with E-state index in [2.05, 4.69) is 20.9 Å². The number of β-amino-alcohol motifs (C(OH)–C–C–N with tert-alkyl or cyclic N) is 1. The third-order valence-corrected chi connectivity index (χ3v) is 4.26. The minimum Gasteiger partial charge on any atom is -0.487 e. The summed E-state index contributed by atoms with van der Waals surface area (Å²) < 4.78 is 11.3. The molecule has 4 rings (SSSR count). The highest BCUT2D eigenvalue weighted by Crippen LogP contribution is 2.31. The first kappa shape index (κ1) is 14.4. The molecule has 0 saturated carbocycles. The quantitative estimate of drug-likeness (QED) is 0.852. The van der Waals surface area contributed by atoms with Crippen molar-refractivity contribution in [2.24, 2.45) is 0 Å². The number of hydrogen-bond acceptors (Lipinski definition) is 6. The number of ether oxygens (including phenoxy) is 2. The number of hydrogen-bond donors (Lipinski definition) is 1. The van der Waals surface area contributed by atoms with Crippen molar-refractivity contribution in [2.45, 2.75) is 19.1 Å². The molecule has 2 aliphatic rings. The first-order valence-corrected chi connectivity index (χ1v) is 7.85. The zero-order valence-electron chi connectivity index (χ0n) is 12.8. The Balaban J connectivity index is 1.73. The van der Waals surface area contributed by atoms with E-state index in [1.807, 2.05) is 18.2 Å². The van der Waals surface area contributed by atoms with E-state index in [0.29, 0.717) is 32.9 Å². The Labute approximate surface area is 134 Å². The zero-order valence-corrected chi connectivity index (χ0v) is 12.8. The largest absolute Gasteiger partial charge is 0.487 e. The van der Waals surface area contributed by atoms with Gasteiger partial charge in [0.25, 0.3) is 0 Å². The number of para-hydroxylation sites is 1. The number of aliphatic hydroxyl groups is 1. The Morgan fingerprint density at radius 1 is 1.22 bits per heavy atom. The van der Waals surface area contributed by atoms with Crippen molar-refractivity contribution in [1.82, 2.24) is 9.97 Å². The molecule has 1 fully saturated rings. The summed E-state index contributed by atoms with van der Waals surface area (Å²) in [5.74, 6) is 1.77. The molecule has 0 bridgehead atoms. The minimum absolute atomic E-state index is 0.371. The van der Waals surface area contributed by atoms with Crippen molar-refractivity contribution in [3.63, 3.8) is 0 Å². The SMILES string of the molecule is O[C@@H]1COCCN(c2ncnc3c2Cc2ccccc2OC3)C1. The summed E-state index contributed by atoms with van der Waals surface area (Å²) in [6, 6.07) is 8.05. The Hall–Kier alpha value is -2.18. The first-order valence-electron chi connectivity index (χ1n) is 7.85. The van der Waals surface area contributed by atoms with E-state index in [-0.39, 0.29) is 0 Å². The number of aliphatic hydroxyl groups excluding tert-OH is 1. The number of anilines is 1. The summed E-state index contributed by atoms with van der Waals surface area (Å²) in [5, 5.41) is 10.0. The van der Waals surface area contributed by atoms with E-state index in [0.717, 1.165) is 34.8 Å². The van der Waals surface area contributed by atoms with Gasteiger partial charge in [-0.2, -0.15) is 0 Å². The normalized spacial score (nSPS) is 20.7. The van der Waals surface area contributed by atoms with E-state index < -0.39 is 6.10 Å². The van der Waals surface area contributed by atoms with Crippen molar-refractivity contribution < 1.29 is 14.6 Å². The summed E-state index contributed by atoms with van der Waals surface area (Å²) in [6.07, 6.45) is 1.80. The lowest BCUT2D eigenvalue weighted by molar-refractivity contribution is 0.0597. The van der Waals surface area contributed by atoms with E-state index in [1.165, 1.54) is 0 Å². The predicted molar refractivity (Wildman–Crippen MR) is 84.7 cm³/mol. The fourth-order valence-electron chi connectivity index (χ4n) is 3.13. The minimum atomic E-state index is -0.502. The van der Waals surface area contributed by atoms with Gasteiger partial charge < -0.3 is 19.5 Å². The van der Waals surface area contributed by atoms with Crippen LogP contribution in [0.3, 0.4) is 0 Å².